The molecule has 0 radical (unpaired) electrons. The second-order valence-electron chi connectivity index (χ2n) is 7.46. The number of fused-ring (bicyclic) bond motifs is 5. The summed E-state index contributed by atoms with van der Waals surface area (Å²) in [7, 11) is 0. The molecule has 0 aliphatic heterocycles. The van der Waals surface area contributed by atoms with Gasteiger partial charge >= 0.3 is 0 Å². The van der Waals surface area contributed by atoms with Crippen molar-refractivity contribution in [1.82, 2.24) is 9.38 Å². The Morgan fingerprint density at radius 3 is 2.32 bits per heavy atom. The number of imidazole rings is 1. The largest absolute Gasteiger partial charge is 0.300 e. The van der Waals surface area contributed by atoms with Crippen LogP contribution in [0.2, 0.25) is 0 Å². The molecule has 2 heterocycles. The molecule has 2 aromatic heterocycles. The lowest BCUT2D eigenvalue weighted by Gasteiger charge is -2.12. The molecule has 0 bridgehead atoms. The lowest BCUT2D eigenvalue weighted by Crippen LogP contribution is -2.06. The van der Waals surface area contributed by atoms with Gasteiger partial charge in [-0.05, 0) is 67.1 Å². The molecule has 28 heavy (non-hydrogen) atoms. The van der Waals surface area contributed by atoms with Crippen molar-refractivity contribution in [1.29, 1.82) is 0 Å². The Labute approximate surface area is 163 Å². The number of nitrogens with zero attached hydrogens (tertiary/aromatic N) is 2. The van der Waals surface area contributed by atoms with E-state index in [0.29, 0.717) is 0 Å². The summed E-state index contributed by atoms with van der Waals surface area (Å²) >= 11 is 0. The summed E-state index contributed by atoms with van der Waals surface area (Å²) in [6.07, 6.45) is 2.00. The third kappa shape index (κ3) is 2.36. The van der Waals surface area contributed by atoms with Gasteiger partial charge in [0.15, 0.2) is 5.78 Å². The van der Waals surface area contributed by atoms with Crippen LogP contribution in [-0.2, 0) is 0 Å². The van der Waals surface area contributed by atoms with Crippen molar-refractivity contribution in [2.75, 3.05) is 0 Å². The summed E-state index contributed by atoms with van der Waals surface area (Å²) < 4.78 is 2.05. The number of benzene rings is 3. The minimum absolute atomic E-state index is 0.0598. The van der Waals surface area contributed by atoms with Gasteiger partial charge in [0.2, 0.25) is 0 Å². The van der Waals surface area contributed by atoms with Gasteiger partial charge in [-0.1, -0.05) is 36.4 Å². The zero-order valence-corrected chi connectivity index (χ0v) is 16.2. The Kier molecular flexibility index (Phi) is 3.59. The first-order chi connectivity index (χ1) is 13.5. The minimum atomic E-state index is 0.0598. The Morgan fingerprint density at radius 2 is 1.50 bits per heavy atom. The molecule has 0 saturated carbocycles. The predicted molar refractivity (Wildman–Crippen MR) is 114 cm³/mol. The van der Waals surface area contributed by atoms with Gasteiger partial charge in [0.1, 0.15) is 5.65 Å². The summed E-state index contributed by atoms with van der Waals surface area (Å²) in [4.78, 5) is 18.4. The highest BCUT2D eigenvalue weighted by atomic mass is 16.1. The quantitative estimate of drug-likeness (QED) is 0.371. The number of hydrogen-bond acceptors (Lipinski definition) is 2. The molecule has 0 unspecified atom stereocenters. The lowest BCUT2D eigenvalue weighted by atomic mass is 9.92. The second-order valence-corrected chi connectivity index (χ2v) is 7.46. The number of carbonyl (C=O) groups excluding carboxylic acids is 1. The van der Waals surface area contributed by atoms with Crippen LogP contribution in [0.3, 0.4) is 0 Å². The fraction of sp³-hybridized carbons (Fsp3) is 0.120. The highest BCUT2D eigenvalue weighted by Gasteiger charge is 2.19. The zero-order valence-electron chi connectivity index (χ0n) is 16.2. The first-order valence-corrected chi connectivity index (χ1v) is 9.45. The van der Waals surface area contributed by atoms with Crippen LogP contribution in [0.1, 0.15) is 32.6 Å². The number of rotatable bonds is 2. The average molecular weight is 364 g/mol. The van der Waals surface area contributed by atoms with Crippen LogP contribution in [0, 0.1) is 20.8 Å². The van der Waals surface area contributed by atoms with Crippen LogP contribution in [-0.4, -0.2) is 15.2 Å². The number of aryl methyl sites for hydroxylation is 3. The number of ketones is 1. The molecular weight excluding hydrogens is 344 g/mol. The van der Waals surface area contributed by atoms with Crippen LogP contribution in [0.25, 0.3) is 27.5 Å². The van der Waals surface area contributed by atoms with Gasteiger partial charge in [0, 0.05) is 22.7 Å². The first kappa shape index (κ1) is 16.7. The molecule has 0 atom stereocenters. The van der Waals surface area contributed by atoms with E-state index in [1.165, 1.54) is 5.56 Å². The van der Waals surface area contributed by atoms with E-state index in [-0.39, 0.29) is 5.78 Å². The van der Waals surface area contributed by atoms with Crippen molar-refractivity contribution in [2.24, 2.45) is 0 Å². The fourth-order valence-corrected chi connectivity index (χ4v) is 4.03. The molecule has 0 spiro atoms. The van der Waals surface area contributed by atoms with Crippen molar-refractivity contribution in [2.45, 2.75) is 20.8 Å². The first-order valence-electron chi connectivity index (χ1n) is 9.45. The van der Waals surface area contributed by atoms with Crippen LogP contribution in [0.4, 0.5) is 0 Å². The van der Waals surface area contributed by atoms with E-state index in [1.807, 2.05) is 72.1 Å². The maximum absolute atomic E-state index is 13.6. The Hall–Kier alpha value is -3.46. The van der Waals surface area contributed by atoms with Gasteiger partial charge in [-0.25, -0.2) is 4.98 Å². The predicted octanol–water partition coefficient (Wildman–Crippen LogP) is 5.80. The van der Waals surface area contributed by atoms with E-state index >= 15 is 0 Å². The fourth-order valence-electron chi connectivity index (χ4n) is 4.03. The molecule has 3 aromatic carbocycles. The maximum Gasteiger partial charge on any atom is 0.194 e. The SMILES string of the molecule is Cc1cc(C)c(C(=O)c2cc3c(nc4ccccn43)c3ccccc23)cc1C. The molecule has 3 nitrogen and oxygen atoms in total. The Bertz CT molecular complexity index is 1410. The molecule has 0 amide bonds. The van der Waals surface area contributed by atoms with Crippen molar-refractivity contribution >= 4 is 33.2 Å². The summed E-state index contributed by atoms with van der Waals surface area (Å²) in [5, 5.41) is 1.95. The van der Waals surface area contributed by atoms with E-state index < -0.39 is 0 Å². The third-order valence-electron chi connectivity index (χ3n) is 5.65. The standard InChI is InChI=1S/C25H20N2O/c1-15-12-17(3)20(13-16(15)2)25(28)21-14-22-24(19-9-5-4-8-18(19)21)26-23-10-6-7-11-27(22)23/h4-14H,1-3H3. The van der Waals surface area contributed by atoms with E-state index in [2.05, 4.69) is 19.9 Å². The molecule has 3 heteroatoms. The van der Waals surface area contributed by atoms with Gasteiger partial charge < -0.3 is 0 Å². The third-order valence-corrected chi connectivity index (χ3v) is 5.65. The molecule has 0 aliphatic carbocycles. The van der Waals surface area contributed by atoms with Crippen molar-refractivity contribution in [3.8, 4) is 0 Å². The van der Waals surface area contributed by atoms with E-state index in [1.54, 1.807) is 0 Å². The normalized spacial score (nSPS) is 11.5. The van der Waals surface area contributed by atoms with Crippen molar-refractivity contribution < 1.29 is 4.79 Å². The number of carbonyl (C=O) groups is 1. The van der Waals surface area contributed by atoms with E-state index in [0.717, 1.165) is 49.7 Å². The number of hydrogen-bond donors (Lipinski definition) is 0. The van der Waals surface area contributed by atoms with E-state index in [9.17, 15) is 4.79 Å². The van der Waals surface area contributed by atoms with Gasteiger partial charge in [-0.2, -0.15) is 0 Å². The smallest absolute Gasteiger partial charge is 0.194 e. The topological polar surface area (TPSA) is 34.4 Å². The molecular formula is C25H20N2O. The molecule has 0 saturated heterocycles. The van der Waals surface area contributed by atoms with Gasteiger partial charge in [0.05, 0.1) is 11.0 Å². The van der Waals surface area contributed by atoms with Crippen LogP contribution >= 0.6 is 0 Å². The molecule has 0 N–H and O–H groups in total. The number of pyridine rings is 1. The highest BCUT2D eigenvalue weighted by Crippen LogP contribution is 2.31. The highest BCUT2D eigenvalue weighted by molar-refractivity contribution is 6.21. The van der Waals surface area contributed by atoms with Crippen LogP contribution in [0.15, 0.2) is 66.9 Å². The molecule has 5 rings (SSSR count). The van der Waals surface area contributed by atoms with Gasteiger partial charge in [-0.3, -0.25) is 9.20 Å². The summed E-state index contributed by atoms with van der Waals surface area (Å²) in [5.41, 5.74) is 7.60. The van der Waals surface area contributed by atoms with Gasteiger partial charge in [0.25, 0.3) is 0 Å². The maximum atomic E-state index is 13.6. The molecule has 0 aliphatic rings. The van der Waals surface area contributed by atoms with Crippen molar-refractivity contribution in [3.05, 3.63) is 94.7 Å². The average Bonchev–Trinajstić information content (AvgIpc) is 3.08. The zero-order chi connectivity index (χ0) is 19.4. The summed E-state index contributed by atoms with van der Waals surface area (Å²) in [6, 6.07) is 20.1. The Balaban J connectivity index is 1.87. The summed E-state index contributed by atoms with van der Waals surface area (Å²) in [6.45, 7) is 6.14. The molecule has 136 valence electrons. The van der Waals surface area contributed by atoms with E-state index in [4.69, 9.17) is 4.98 Å². The monoisotopic (exact) mass is 364 g/mol. The summed E-state index contributed by atoms with van der Waals surface area (Å²) in [5.74, 6) is 0.0598. The molecule has 0 fully saturated rings. The van der Waals surface area contributed by atoms with Crippen LogP contribution < -0.4 is 0 Å². The lowest BCUT2D eigenvalue weighted by molar-refractivity contribution is 0.103. The van der Waals surface area contributed by atoms with Crippen LogP contribution in [0.5, 0.6) is 0 Å². The minimum Gasteiger partial charge on any atom is -0.300 e. The van der Waals surface area contributed by atoms with Crippen molar-refractivity contribution in [3.63, 3.8) is 0 Å². The van der Waals surface area contributed by atoms with Gasteiger partial charge in [-0.15, -0.1) is 0 Å². The molecule has 5 aromatic rings. The number of aromatic nitrogens is 2. The second kappa shape index (κ2) is 6.03. The Morgan fingerprint density at radius 1 is 0.786 bits per heavy atom.